The second kappa shape index (κ2) is 9.89. The highest BCUT2D eigenvalue weighted by Gasteiger charge is 2.11. The van der Waals surface area contributed by atoms with Crippen LogP contribution in [0.25, 0.3) is 0 Å². The molecule has 132 valence electrons. The van der Waals surface area contributed by atoms with Gasteiger partial charge in [0.15, 0.2) is 5.96 Å². The molecule has 1 atom stereocenters. The molecular weight excluding hydrogens is 332 g/mol. The second-order valence-corrected chi connectivity index (χ2v) is 8.54. The van der Waals surface area contributed by atoms with Gasteiger partial charge in [0, 0.05) is 18.0 Å². The van der Waals surface area contributed by atoms with Crippen LogP contribution in [0.1, 0.15) is 50.8 Å². The molecule has 6 nitrogen and oxygen atoms in total. The summed E-state index contributed by atoms with van der Waals surface area (Å²) in [6.07, 6.45) is 6.10. The average Bonchev–Trinajstić information content (AvgIpc) is 2.97. The van der Waals surface area contributed by atoms with Crippen LogP contribution in [0.2, 0.25) is 0 Å². The van der Waals surface area contributed by atoms with E-state index in [1.54, 1.807) is 13.1 Å². The Hall–Kier alpha value is -1.12. The molecule has 0 saturated carbocycles. The molecule has 0 saturated heterocycles. The molecule has 0 aliphatic rings. The summed E-state index contributed by atoms with van der Waals surface area (Å²) in [6.45, 7) is 4.87. The normalized spacial score (nSPS) is 13.8. The van der Waals surface area contributed by atoms with Gasteiger partial charge >= 0.3 is 0 Å². The molecule has 0 bridgehead atoms. The molecule has 0 amide bonds. The van der Waals surface area contributed by atoms with Crippen molar-refractivity contribution in [2.75, 3.05) is 7.05 Å². The average molecular weight is 361 g/mol. The van der Waals surface area contributed by atoms with E-state index in [0.717, 1.165) is 17.3 Å². The van der Waals surface area contributed by atoms with Crippen LogP contribution >= 0.6 is 11.3 Å². The number of primary sulfonamides is 1. The first-order valence-corrected chi connectivity index (χ1v) is 10.3. The topological polar surface area (TPSA) is 96.6 Å². The molecule has 23 heavy (non-hydrogen) atoms. The van der Waals surface area contributed by atoms with Gasteiger partial charge in [0.1, 0.15) is 4.21 Å². The van der Waals surface area contributed by atoms with E-state index in [1.807, 2.05) is 0 Å². The Morgan fingerprint density at radius 1 is 1.35 bits per heavy atom. The number of rotatable bonds is 9. The maximum Gasteiger partial charge on any atom is 0.247 e. The lowest BCUT2D eigenvalue weighted by Gasteiger charge is -2.17. The van der Waals surface area contributed by atoms with E-state index in [9.17, 15) is 8.42 Å². The van der Waals surface area contributed by atoms with Crippen LogP contribution < -0.4 is 15.8 Å². The van der Waals surface area contributed by atoms with Crippen molar-refractivity contribution < 1.29 is 8.42 Å². The first-order chi connectivity index (χ1) is 10.9. The van der Waals surface area contributed by atoms with Crippen LogP contribution in [0, 0.1) is 0 Å². The van der Waals surface area contributed by atoms with Gasteiger partial charge in [0.25, 0.3) is 0 Å². The van der Waals surface area contributed by atoms with E-state index in [4.69, 9.17) is 5.14 Å². The van der Waals surface area contributed by atoms with Crippen LogP contribution in [0.15, 0.2) is 21.3 Å². The van der Waals surface area contributed by atoms with E-state index >= 15 is 0 Å². The molecule has 1 unspecified atom stereocenters. The fraction of sp³-hybridized carbons (Fsp3) is 0.667. The zero-order valence-corrected chi connectivity index (χ0v) is 15.8. The van der Waals surface area contributed by atoms with Crippen LogP contribution in [0.4, 0.5) is 0 Å². The smallest absolute Gasteiger partial charge is 0.247 e. The number of unbranched alkanes of at least 4 members (excludes halogenated alkanes) is 3. The van der Waals surface area contributed by atoms with E-state index in [-0.39, 0.29) is 4.21 Å². The number of guanidine groups is 1. The minimum atomic E-state index is -3.62. The van der Waals surface area contributed by atoms with Gasteiger partial charge in [-0.25, -0.2) is 13.6 Å². The Balaban J connectivity index is 2.40. The quantitative estimate of drug-likeness (QED) is 0.358. The largest absolute Gasteiger partial charge is 0.354 e. The molecule has 1 heterocycles. The van der Waals surface area contributed by atoms with Gasteiger partial charge in [-0.1, -0.05) is 32.6 Å². The molecule has 1 aromatic heterocycles. The van der Waals surface area contributed by atoms with Crippen LogP contribution in [-0.4, -0.2) is 27.5 Å². The van der Waals surface area contributed by atoms with Crippen molar-refractivity contribution in [2.45, 2.75) is 62.7 Å². The minimum absolute atomic E-state index is 0.182. The minimum Gasteiger partial charge on any atom is -0.354 e. The van der Waals surface area contributed by atoms with Crippen LogP contribution in [0.5, 0.6) is 0 Å². The fourth-order valence-corrected chi connectivity index (χ4v) is 3.87. The Kier molecular flexibility index (Phi) is 8.57. The molecule has 0 fully saturated rings. The number of sulfonamides is 1. The van der Waals surface area contributed by atoms with Gasteiger partial charge in [0.2, 0.25) is 10.0 Å². The number of aliphatic imine (C=N–C) groups is 1. The highest BCUT2D eigenvalue weighted by molar-refractivity contribution is 7.91. The van der Waals surface area contributed by atoms with Crippen molar-refractivity contribution >= 4 is 27.3 Å². The molecule has 0 aliphatic carbocycles. The first kappa shape index (κ1) is 19.9. The lowest BCUT2D eigenvalue weighted by Crippen LogP contribution is -2.41. The van der Waals surface area contributed by atoms with Crippen LogP contribution in [0.3, 0.4) is 0 Å². The summed E-state index contributed by atoms with van der Waals surface area (Å²) in [5.41, 5.74) is 0. The summed E-state index contributed by atoms with van der Waals surface area (Å²) in [4.78, 5) is 5.10. The van der Waals surface area contributed by atoms with E-state index in [2.05, 4.69) is 29.5 Å². The van der Waals surface area contributed by atoms with Crippen molar-refractivity contribution in [2.24, 2.45) is 10.1 Å². The molecule has 0 radical (unpaired) electrons. The van der Waals surface area contributed by atoms with E-state index in [0.29, 0.717) is 12.6 Å². The van der Waals surface area contributed by atoms with Gasteiger partial charge < -0.3 is 10.6 Å². The maximum absolute atomic E-state index is 11.3. The summed E-state index contributed by atoms with van der Waals surface area (Å²) in [5, 5.41) is 11.7. The fourth-order valence-electron chi connectivity index (χ4n) is 2.15. The monoisotopic (exact) mass is 360 g/mol. The van der Waals surface area contributed by atoms with Crippen molar-refractivity contribution in [3.8, 4) is 0 Å². The predicted octanol–water partition coefficient (Wildman–Crippen LogP) is 2.42. The van der Waals surface area contributed by atoms with Gasteiger partial charge in [-0.05, 0) is 25.5 Å². The molecule has 0 spiro atoms. The van der Waals surface area contributed by atoms with Crippen molar-refractivity contribution in [3.05, 3.63) is 17.0 Å². The zero-order valence-electron chi connectivity index (χ0n) is 14.1. The number of thiophene rings is 1. The Bertz CT molecular complexity index is 596. The second-order valence-electron chi connectivity index (χ2n) is 5.59. The SMILES string of the molecule is CCCCCCC(C)NC(=NC)NCc1ccc(S(N)(=O)=O)s1. The highest BCUT2D eigenvalue weighted by Crippen LogP contribution is 2.19. The number of nitrogens with zero attached hydrogens (tertiary/aromatic N) is 1. The Morgan fingerprint density at radius 3 is 2.65 bits per heavy atom. The maximum atomic E-state index is 11.3. The van der Waals surface area contributed by atoms with Gasteiger partial charge in [0.05, 0.1) is 6.54 Å². The van der Waals surface area contributed by atoms with Gasteiger partial charge in [-0.2, -0.15) is 0 Å². The standard InChI is InChI=1S/C15H28N4O2S2/c1-4-5-6-7-8-12(2)19-15(17-3)18-11-13-9-10-14(22-13)23(16,20)21/h9-10,12H,4-8,11H2,1-3H3,(H2,16,20,21)(H2,17,18,19). The summed E-state index contributed by atoms with van der Waals surface area (Å²) in [6, 6.07) is 3.64. The number of nitrogens with two attached hydrogens (primary N) is 1. The molecule has 4 N–H and O–H groups in total. The van der Waals surface area contributed by atoms with Crippen molar-refractivity contribution in [1.82, 2.24) is 10.6 Å². The third-order valence-electron chi connectivity index (χ3n) is 3.44. The predicted molar refractivity (Wildman–Crippen MR) is 97.2 cm³/mol. The zero-order chi connectivity index (χ0) is 17.3. The van der Waals surface area contributed by atoms with Crippen molar-refractivity contribution in [3.63, 3.8) is 0 Å². The van der Waals surface area contributed by atoms with E-state index < -0.39 is 10.0 Å². The summed E-state index contributed by atoms with van der Waals surface area (Å²) in [7, 11) is -1.89. The molecule has 1 rings (SSSR count). The molecular formula is C15H28N4O2S2. The van der Waals surface area contributed by atoms with Crippen LogP contribution in [-0.2, 0) is 16.6 Å². The summed E-state index contributed by atoms with van der Waals surface area (Å²) < 4.78 is 22.7. The number of nitrogens with one attached hydrogen (secondary N) is 2. The number of hydrogen-bond donors (Lipinski definition) is 3. The Labute approximate surface area is 143 Å². The number of hydrogen-bond acceptors (Lipinski definition) is 4. The first-order valence-electron chi connectivity index (χ1n) is 7.95. The lowest BCUT2D eigenvalue weighted by molar-refractivity contribution is 0.537. The van der Waals surface area contributed by atoms with Crippen molar-refractivity contribution in [1.29, 1.82) is 0 Å². The summed E-state index contributed by atoms with van der Waals surface area (Å²) in [5.74, 6) is 0.721. The van der Waals surface area contributed by atoms with Gasteiger partial charge in [-0.15, -0.1) is 11.3 Å². The molecule has 8 heteroatoms. The summed E-state index contributed by atoms with van der Waals surface area (Å²) >= 11 is 1.17. The highest BCUT2D eigenvalue weighted by atomic mass is 32.2. The lowest BCUT2D eigenvalue weighted by atomic mass is 10.1. The molecule has 0 aliphatic heterocycles. The third kappa shape index (κ3) is 7.81. The molecule has 0 aromatic carbocycles. The van der Waals surface area contributed by atoms with E-state index in [1.165, 1.54) is 43.1 Å². The third-order valence-corrected chi connectivity index (χ3v) is 5.97. The Morgan fingerprint density at radius 2 is 2.09 bits per heavy atom. The van der Waals surface area contributed by atoms with Gasteiger partial charge in [-0.3, -0.25) is 4.99 Å². The molecule has 1 aromatic rings.